The van der Waals surface area contributed by atoms with E-state index in [1.807, 2.05) is 25.1 Å². The fraction of sp³-hybridized carbons (Fsp3) is 0.450. The number of aromatic nitrogens is 2. The molecule has 0 aliphatic carbocycles. The lowest BCUT2D eigenvalue weighted by molar-refractivity contribution is -0.120. The summed E-state index contributed by atoms with van der Waals surface area (Å²) in [6.45, 7) is 5.61. The van der Waals surface area contributed by atoms with Crippen LogP contribution in [0.15, 0.2) is 41.7 Å². The first-order valence-electron chi connectivity index (χ1n) is 9.51. The van der Waals surface area contributed by atoms with Crippen LogP contribution in [0.2, 0.25) is 0 Å². The van der Waals surface area contributed by atoms with Crippen LogP contribution in [-0.2, 0) is 29.7 Å². The Hall–Kier alpha value is -2.14. The van der Waals surface area contributed by atoms with Crippen molar-refractivity contribution < 1.29 is 9.53 Å². The second-order valence-electron chi connectivity index (χ2n) is 6.69. The molecule has 1 aromatic carbocycles. The molecule has 1 aromatic heterocycles. The average molecular weight is 512 g/mol. The van der Waals surface area contributed by atoms with E-state index in [4.69, 9.17) is 4.74 Å². The van der Waals surface area contributed by atoms with Crippen molar-refractivity contribution in [3.63, 3.8) is 0 Å². The van der Waals surface area contributed by atoms with Gasteiger partial charge in [0.05, 0.1) is 18.5 Å². The summed E-state index contributed by atoms with van der Waals surface area (Å²) >= 11 is 0. The number of anilines is 1. The Balaban J connectivity index is 0.00000300. The molecule has 2 aromatic rings. The average Bonchev–Trinajstić information content (AvgIpc) is 3.14. The van der Waals surface area contributed by atoms with E-state index in [1.54, 1.807) is 22.8 Å². The predicted octanol–water partition coefficient (Wildman–Crippen LogP) is 2.00. The molecule has 29 heavy (non-hydrogen) atoms. The van der Waals surface area contributed by atoms with Gasteiger partial charge in [-0.2, -0.15) is 5.10 Å². The number of benzene rings is 1. The van der Waals surface area contributed by atoms with Gasteiger partial charge in [0.2, 0.25) is 5.91 Å². The molecule has 0 unspecified atom stereocenters. The van der Waals surface area contributed by atoms with E-state index in [9.17, 15) is 4.79 Å². The Morgan fingerprint density at radius 2 is 1.97 bits per heavy atom. The Morgan fingerprint density at radius 3 is 2.55 bits per heavy atom. The number of piperazine rings is 1. The van der Waals surface area contributed by atoms with Gasteiger partial charge in [0.15, 0.2) is 5.96 Å². The van der Waals surface area contributed by atoms with Gasteiger partial charge in [-0.05, 0) is 18.1 Å². The number of ether oxygens (including phenoxy) is 1. The highest BCUT2D eigenvalue weighted by Gasteiger charge is 2.27. The molecule has 9 heteroatoms. The summed E-state index contributed by atoms with van der Waals surface area (Å²) in [7, 11) is 3.59. The molecule has 0 radical (unpaired) electrons. The lowest BCUT2D eigenvalue weighted by Crippen LogP contribution is -2.55. The van der Waals surface area contributed by atoms with Gasteiger partial charge in [-0.25, -0.2) is 0 Å². The quantitative estimate of drug-likeness (QED) is 0.364. The van der Waals surface area contributed by atoms with Crippen LogP contribution >= 0.6 is 24.0 Å². The van der Waals surface area contributed by atoms with Crippen LogP contribution in [0.3, 0.4) is 0 Å². The number of halogens is 1. The third-order valence-corrected chi connectivity index (χ3v) is 4.68. The highest BCUT2D eigenvalue weighted by atomic mass is 127. The number of carbonyl (C=O) groups excluding carboxylic acids is 1. The minimum Gasteiger partial charge on any atom is -0.377 e. The maximum absolute atomic E-state index is 12.6. The van der Waals surface area contributed by atoms with Gasteiger partial charge in [-0.1, -0.05) is 24.3 Å². The molecular weight excluding hydrogens is 483 g/mol. The Morgan fingerprint density at radius 1 is 1.24 bits per heavy atom. The number of rotatable bonds is 6. The minimum absolute atomic E-state index is 0. The molecule has 0 bridgehead atoms. The van der Waals surface area contributed by atoms with Crippen molar-refractivity contribution in [3.05, 3.63) is 47.8 Å². The van der Waals surface area contributed by atoms with Crippen molar-refractivity contribution in [1.82, 2.24) is 20.0 Å². The molecule has 0 atom stereocenters. The van der Waals surface area contributed by atoms with E-state index < -0.39 is 0 Å². The molecule has 1 aliphatic heterocycles. The van der Waals surface area contributed by atoms with Crippen LogP contribution in [0, 0.1) is 0 Å². The van der Waals surface area contributed by atoms with Crippen LogP contribution in [-0.4, -0.2) is 59.8 Å². The molecule has 8 nitrogen and oxygen atoms in total. The van der Waals surface area contributed by atoms with Crippen molar-refractivity contribution >= 4 is 41.5 Å². The maximum Gasteiger partial charge on any atom is 0.246 e. The summed E-state index contributed by atoms with van der Waals surface area (Å²) in [5.41, 5.74) is 3.15. The van der Waals surface area contributed by atoms with Gasteiger partial charge >= 0.3 is 0 Å². The van der Waals surface area contributed by atoms with Crippen LogP contribution < -0.4 is 10.2 Å². The predicted molar refractivity (Wildman–Crippen MR) is 125 cm³/mol. The topological polar surface area (TPSA) is 75.0 Å². The first kappa shape index (κ1) is 23.1. The molecule has 1 aliphatic rings. The second kappa shape index (κ2) is 11.1. The number of aliphatic imine (C=N–C) groups is 1. The number of nitrogens with one attached hydrogen (secondary N) is 1. The largest absolute Gasteiger partial charge is 0.377 e. The lowest BCUT2D eigenvalue weighted by Gasteiger charge is -2.35. The molecule has 1 N–H and O–H groups in total. The van der Waals surface area contributed by atoms with Crippen LogP contribution in [0.4, 0.5) is 5.69 Å². The fourth-order valence-corrected chi connectivity index (χ4v) is 3.16. The van der Waals surface area contributed by atoms with Gasteiger partial charge in [-0.3, -0.25) is 14.5 Å². The minimum atomic E-state index is 0. The van der Waals surface area contributed by atoms with Gasteiger partial charge in [-0.15, -0.1) is 24.0 Å². The van der Waals surface area contributed by atoms with Gasteiger partial charge < -0.3 is 19.9 Å². The van der Waals surface area contributed by atoms with Crippen molar-refractivity contribution in [3.8, 4) is 0 Å². The first-order valence-corrected chi connectivity index (χ1v) is 9.51. The van der Waals surface area contributed by atoms with E-state index >= 15 is 0 Å². The standard InChI is InChI=1S/C20H28N6O2.HI/c1-4-28-15-17-7-5-16(6-8-17)11-22-20(21-2)25-9-10-26(19(27)14-25)18-12-23-24(3)13-18;/h5-8,12-13H,4,9-11,14-15H2,1-3H3,(H,21,22);1H. The number of guanidine groups is 1. The van der Waals surface area contributed by atoms with Crippen LogP contribution in [0.25, 0.3) is 0 Å². The molecule has 1 amide bonds. The van der Waals surface area contributed by atoms with Gasteiger partial charge in [0.25, 0.3) is 0 Å². The van der Waals surface area contributed by atoms with Crippen molar-refractivity contribution in [2.45, 2.75) is 20.1 Å². The summed E-state index contributed by atoms with van der Waals surface area (Å²) in [5, 5.41) is 7.50. The zero-order chi connectivity index (χ0) is 19.9. The van der Waals surface area contributed by atoms with Gasteiger partial charge in [0, 0.05) is 46.5 Å². The zero-order valence-corrected chi connectivity index (χ0v) is 19.5. The number of amides is 1. The van der Waals surface area contributed by atoms with E-state index in [1.165, 1.54) is 0 Å². The highest BCUT2D eigenvalue weighted by Crippen LogP contribution is 2.16. The number of nitrogens with zero attached hydrogens (tertiary/aromatic N) is 5. The Labute approximate surface area is 188 Å². The molecule has 0 spiro atoms. The lowest BCUT2D eigenvalue weighted by atomic mass is 10.1. The summed E-state index contributed by atoms with van der Waals surface area (Å²) in [6.07, 6.45) is 3.58. The van der Waals surface area contributed by atoms with Gasteiger partial charge in [0.1, 0.15) is 6.54 Å². The highest BCUT2D eigenvalue weighted by molar-refractivity contribution is 14.0. The number of carbonyl (C=O) groups is 1. The second-order valence-corrected chi connectivity index (χ2v) is 6.69. The summed E-state index contributed by atoms with van der Waals surface area (Å²) < 4.78 is 7.13. The monoisotopic (exact) mass is 512 g/mol. The normalized spacial score (nSPS) is 14.7. The fourth-order valence-electron chi connectivity index (χ4n) is 3.16. The summed E-state index contributed by atoms with van der Waals surface area (Å²) in [6, 6.07) is 8.32. The van der Waals surface area contributed by atoms with E-state index in [0.29, 0.717) is 39.4 Å². The SMILES string of the molecule is CCOCc1ccc(CNC(=NC)N2CCN(c3cnn(C)c3)C(=O)C2)cc1.I. The summed E-state index contributed by atoms with van der Waals surface area (Å²) in [4.78, 5) is 20.7. The smallest absolute Gasteiger partial charge is 0.246 e. The third kappa shape index (κ3) is 6.17. The molecule has 0 saturated carbocycles. The first-order chi connectivity index (χ1) is 13.6. The molecular formula is C20H29IN6O2. The van der Waals surface area contributed by atoms with Crippen LogP contribution in [0.1, 0.15) is 18.1 Å². The Kier molecular flexibility index (Phi) is 8.90. The zero-order valence-electron chi connectivity index (χ0n) is 17.2. The van der Waals surface area contributed by atoms with Crippen molar-refractivity contribution in [2.24, 2.45) is 12.0 Å². The molecule has 2 heterocycles. The molecule has 3 rings (SSSR count). The molecule has 158 valence electrons. The summed E-state index contributed by atoms with van der Waals surface area (Å²) in [5.74, 6) is 0.778. The third-order valence-electron chi connectivity index (χ3n) is 4.68. The molecule has 1 saturated heterocycles. The van der Waals surface area contributed by atoms with Crippen LogP contribution in [0.5, 0.6) is 0 Å². The number of aryl methyl sites for hydroxylation is 1. The van der Waals surface area contributed by atoms with E-state index in [0.717, 1.165) is 22.8 Å². The van der Waals surface area contributed by atoms with E-state index in [-0.39, 0.29) is 29.9 Å². The Bertz CT molecular complexity index is 821. The van der Waals surface area contributed by atoms with Crippen molar-refractivity contribution in [2.75, 3.05) is 38.2 Å². The number of hydrogen-bond acceptors (Lipinski definition) is 4. The van der Waals surface area contributed by atoms with Crippen molar-refractivity contribution in [1.29, 1.82) is 0 Å². The maximum atomic E-state index is 12.6. The van der Waals surface area contributed by atoms with E-state index in [2.05, 4.69) is 39.7 Å². The number of hydrogen-bond donors (Lipinski definition) is 1. The molecule has 1 fully saturated rings.